The van der Waals surface area contributed by atoms with Crippen molar-refractivity contribution in [1.29, 1.82) is 0 Å². The van der Waals surface area contributed by atoms with Crippen LogP contribution in [0.15, 0.2) is 42.5 Å². The lowest BCUT2D eigenvalue weighted by Crippen LogP contribution is -2.37. The number of nitrogens with one attached hydrogen (secondary N) is 1. The van der Waals surface area contributed by atoms with E-state index in [-0.39, 0.29) is 6.54 Å². The zero-order valence-corrected chi connectivity index (χ0v) is 15.1. The highest BCUT2D eigenvalue weighted by Gasteiger charge is 2.44. The van der Waals surface area contributed by atoms with Gasteiger partial charge in [0.25, 0.3) is 17.6 Å². The molecule has 0 radical (unpaired) electrons. The molecule has 1 saturated carbocycles. The first kappa shape index (κ1) is 16.8. The van der Waals surface area contributed by atoms with Crippen molar-refractivity contribution < 1.29 is 23.9 Å². The summed E-state index contributed by atoms with van der Waals surface area (Å²) >= 11 is 0. The van der Waals surface area contributed by atoms with Crippen LogP contribution in [0.3, 0.4) is 0 Å². The number of benzene rings is 2. The number of nitrogens with zero attached hydrogens (tertiary/aromatic N) is 1. The summed E-state index contributed by atoms with van der Waals surface area (Å²) in [4.78, 5) is 38.2. The van der Waals surface area contributed by atoms with E-state index in [0.29, 0.717) is 28.3 Å². The van der Waals surface area contributed by atoms with Gasteiger partial charge in [-0.2, -0.15) is 0 Å². The number of fused-ring (bicyclic) bond motifs is 2. The van der Waals surface area contributed by atoms with E-state index in [1.807, 2.05) is 0 Å². The van der Waals surface area contributed by atoms with E-state index in [1.54, 1.807) is 42.5 Å². The highest BCUT2D eigenvalue weighted by molar-refractivity contribution is 6.22. The van der Waals surface area contributed by atoms with Crippen molar-refractivity contribution in [2.24, 2.45) is 0 Å². The molecular formula is C21H18N2O5. The molecule has 7 nitrogen and oxygen atoms in total. The zero-order valence-electron chi connectivity index (χ0n) is 15.1. The van der Waals surface area contributed by atoms with Crippen LogP contribution >= 0.6 is 0 Å². The van der Waals surface area contributed by atoms with Gasteiger partial charge in [0.1, 0.15) is 6.54 Å². The summed E-state index contributed by atoms with van der Waals surface area (Å²) in [5.41, 5.74) is 1.18. The maximum Gasteiger partial charge on any atom is 0.262 e. The van der Waals surface area contributed by atoms with Crippen LogP contribution in [0.2, 0.25) is 0 Å². The van der Waals surface area contributed by atoms with Gasteiger partial charge in [0.2, 0.25) is 5.91 Å². The fourth-order valence-corrected chi connectivity index (χ4v) is 4.02. The van der Waals surface area contributed by atoms with Crippen molar-refractivity contribution in [1.82, 2.24) is 4.90 Å². The van der Waals surface area contributed by atoms with Crippen LogP contribution in [-0.2, 0) is 4.79 Å². The molecule has 5 rings (SSSR count). The van der Waals surface area contributed by atoms with Gasteiger partial charge in [-0.1, -0.05) is 12.1 Å². The van der Waals surface area contributed by atoms with Crippen LogP contribution < -0.4 is 14.8 Å². The Kier molecular flexibility index (Phi) is 3.65. The van der Waals surface area contributed by atoms with E-state index >= 15 is 0 Å². The fraction of sp³-hybridized carbons (Fsp3) is 0.286. The summed E-state index contributed by atoms with van der Waals surface area (Å²) in [6.45, 7) is -0.343. The Morgan fingerprint density at radius 3 is 2.29 bits per heavy atom. The zero-order chi connectivity index (χ0) is 19.3. The molecule has 0 saturated heterocycles. The maximum atomic E-state index is 12.4. The molecule has 1 fully saturated rings. The van der Waals surface area contributed by atoms with Gasteiger partial charge >= 0.3 is 0 Å². The topological polar surface area (TPSA) is 84.9 Å². The molecule has 28 heavy (non-hydrogen) atoms. The lowest BCUT2D eigenvalue weighted by atomic mass is 10.1. The second kappa shape index (κ2) is 6.09. The van der Waals surface area contributed by atoms with E-state index in [0.717, 1.165) is 30.6 Å². The minimum Gasteiger partial charge on any atom is -0.448 e. The second-order valence-electron chi connectivity index (χ2n) is 7.27. The third-order valence-corrected chi connectivity index (χ3v) is 5.36. The monoisotopic (exact) mass is 378 g/mol. The van der Waals surface area contributed by atoms with Crippen molar-refractivity contribution in [3.63, 3.8) is 0 Å². The minimum absolute atomic E-state index is 0.324. The van der Waals surface area contributed by atoms with Crippen molar-refractivity contribution >= 4 is 23.4 Å². The van der Waals surface area contributed by atoms with Gasteiger partial charge < -0.3 is 14.8 Å². The number of hydrogen-bond acceptors (Lipinski definition) is 5. The second-order valence-corrected chi connectivity index (χ2v) is 7.27. The molecule has 7 heteroatoms. The van der Waals surface area contributed by atoms with Crippen LogP contribution in [0.4, 0.5) is 5.69 Å². The van der Waals surface area contributed by atoms with Gasteiger partial charge in [0, 0.05) is 24.6 Å². The predicted octanol–water partition coefficient (Wildman–Crippen LogP) is 2.96. The highest BCUT2D eigenvalue weighted by atomic mass is 16.7. The molecule has 2 aromatic carbocycles. The largest absolute Gasteiger partial charge is 0.448 e. The van der Waals surface area contributed by atoms with Gasteiger partial charge in [-0.3, -0.25) is 19.3 Å². The van der Waals surface area contributed by atoms with Gasteiger partial charge in [-0.15, -0.1) is 0 Å². The van der Waals surface area contributed by atoms with E-state index in [4.69, 9.17) is 9.47 Å². The smallest absolute Gasteiger partial charge is 0.262 e. The molecule has 0 atom stereocenters. The minimum atomic E-state index is -0.564. The summed E-state index contributed by atoms with van der Waals surface area (Å²) in [5, 5.41) is 2.72. The number of rotatable bonds is 3. The molecule has 1 N–H and O–H groups in total. The SMILES string of the molecule is O=C(CN1C(=O)c2ccccc2C1=O)Nc1ccc2c(c1)OC1(CCCC1)O2. The number of anilines is 1. The molecule has 0 bridgehead atoms. The first-order chi connectivity index (χ1) is 13.5. The molecule has 1 spiro atoms. The Labute approximate surface area is 161 Å². The van der Waals surface area contributed by atoms with Gasteiger partial charge in [0.15, 0.2) is 11.5 Å². The molecule has 142 valence electrons. The average Bonchev–Trinajstić information content (AvgIpc) is 3.35. The third kappa shape index (κ3) is 2.62. The molecule has 1 aliphatic carbocycles. The Balaban J connectivity index is 1.28. The number of amides is 3. The molecule has 3 aliphatic rings. The number of carbonyl (C=O) groups is 3. The fourth-order valence-electron chi connectivity index (χ4n) is 4.02. The first-order valence-electron chi connectivity index (χ1n) is 9.32. The Morgan fingerprint density at radius 2 is 1.61 bits per heavy atom. The quantitative estimate of drug-likeness (QED) is 0.830. The number of ether oxygens (including phenoxy) is 2. The summed E-state index contributed by atoms with van der Waals surface area (Å²) in [5.74, 6) is -0.663. The molecule has 2 aliphatic heterocycles. The van der Waals surface area contributed by atoms with Crippen molar-refractivity contribution in [2.75, 3.05) is 11.9 Å². The van der Waals surface area contributed by atoms with Crippen molar-refractivity contribution in [3.05, 3.63) is 53.6 Å². The van der Waals surface area contributed by atoms with Crippen molar-refractivity contribution in [2.45, 2.75) is 31.5 Å². The normalized spacial score (nSPS) is 18.6. The standard InChI is InChI=1S/C21H18N2O5/c24-18(12-23-19(25)14-5-1-2-6-15(14)20(23)26)22-13-7-8-16-17(11-13)28-21(27-16)9-3-4-10-21/h1-2,5-8,11H,3-4,9-10,12H2,(H,22,24). The molecule has 2 heterocycles. The van der Waals surface area contributed by atoms with Crippen LogP contribution in [0.25, 0.3) is 0 Å². The number of imide groups is 1. The molecule has 2 aromatic rings. The van der Waals surface area contributed by atoms with E-state index in [9.17, 15) is 14.4 Å². The highest BCUT2D eigenvalue weighted by Crippen LogP contribution is 2.47. The average molecular weight is 378 g/mol. The Bertz CT molecular complexity index is 975. The van der Waals surface area contributed by atoms with Crippen LogP contribution in [-0.4, -0.2) is 35.0 Å². The molecule has 0 unspecified atom stereocenters. The number of carbonyl (C=O) groups excluding carboxylic acids is 3. The van der Waals surface area contributed by atoms with E-state index < -0.39 is 23.5 Å². The maximum absolute atomic E-state index is 12.4. The number of hydrogen-bond donors (Lipinski definition) is 1. The van der Waals surface area contributed by atoms with E-state index in [2.05, 4.69) is 5.32 Å². The van der Waals surface area contributed by atoms with Gasteiger partial charge in [-0.25, -0.2) is 0 Å². The Hall–Kier alpha value is -3.35. The molecular weight excluding hydrogens is 360 g/mol. The summed E-state index contributed by atoms with van der Waals surface area (Å²) in [7, 11) is 0. The summed E-state index contributed by atoms with van der Waals surface area (Å²) in [6, 6.07) is 11.8. The Morgan fingerprint density at radius 1 is 0.964 bits per heavy atom. The summed E-state index contributed by atoms with van der Waals surface area (Å²) < 4.78 is 11.9. The molecule has 3 amide bonds. The lowest BCUT2D eigenvalue weighted by Gasteiger charge is -2.21. The van der Waals surface area contributed by atoms with Crippen LogP contribution in [0.5, 0.6) is 11.5 Å². The van der Waals surface area contributed by atoms with Crippen LogP contribution in [0, 0.1) is 0 Å². The van der Waals surface area contributed by atoms with E-state index in [1.165, 1.54) is 0 Å². The summed E-state index contributed by atoms with van der Waals surface area (Å²) in [6.07, 6.45) is 3.84. The predicted molar refractivity (Wildman–Crippen MR) is 99.3 cm³/mol. The first-order valence-corrected chi connectivity index (χ1v) is 9.32. The third-order valence-electron chi connectivity index (χ3n) is 5.36. The van der Waals surface area contributed by atoms with Crippen molar-refractivity contribution in [3.8, 4) is 11.5 Å². The molecule has 0 aromatic heterocycles. The van der Waals surface area contributed by atoms with Gasteiger partial charge in [-0.05, 0) is 37.1 Å². The lowest BCUT2D eigenvalue weighted by molar-refractivity contribution is -0.116. The van der Waals surface area contributed by atoms with Crippen LogP contribution in [0.1, 0.15) is 46.4 Å². The van der Waals surface area contributed by atoms with Gasteiger partial charge in [0.05, 0.1) is 11.1 Å².